The monoisotopic (exact) mass is 387 g/mol. The highest BCUT2D eigenvalue weighted by molar-refractivity contribution is 5.94. The molecular formula is C23H25N5O. The highest BCUT2D eigenvalue weighted by Crippen LogP contribution is 2.16. The Balaban J connectivity index is 1.32. The molecule has 0 unspecified atom stereocenters. The number of hydrogen-bond acceptors (Lipinski definition) is 5. The molecule has 0 saturated carbocycles. The lowest BCUT2D eigenvalue weighted by Gasteiger charge is -2.35. The zero-order chi connectivity index (χ0) is 19.9. The molecule has 1 amide bonds. The van der Waals surface area contributed by atoms with Crippen LogP contribution in [0.4, 0.5) is 5.82 Å². The Kier molecular flexibility index (Phi) is 6.12. The summed E-state index contributed by atoms with van der Waals surface area (Å²) in [6.07, 6.45) is 3.44. The summed E-state index contributed by atoms with van der Waals surface area (Å²) in [4.78, 5) is 25.9. The Morgan fingerprint density at radius 2 is 1.69 bits per heavy atom. The molecule has 3 heterocycles. The van der Waals surface area contributed by atoms with Crippen molar-refractivity contribution in [2.45, 2.75) is 13.1 Å². The molecule has 1 aliphatic rings. The Morgan fingerprint density at radius 1 is 0.897 bits per heavy atom. The van der Waals surface area contributed by atoms with Crippen LogP contribution in [0.5, 0.6) is 0 Å². The fourth-order valence-electron chi connectivity index (χ4n) is 3.48. The Bertz CT molecular complexity index is 924. The SMILES string of the molecule is O=C(NCc1ccccn1)c1ccnc(N2CCN(Cc3ccccc3)CC2)c1. The number of piperazine rings is 1. The first-order valence-electron chi connectivity index (χ1n) is 9.93. The highest BCUT2D eigenvalue weighted by Gasteiger charge is 2.19. The standard InChI is InChI=1S/C23H25N5O/c29-23(26-17-21-8-4-5-10-24-21)20-9-11-25-22(16-20)28-14-12-27(13-15-28)18-19-6-2-1-3-7-19/h1-11,16H,12-15,17-18H2,(H,26,29). The van der Waals surface area contributed by atoms with Crippen LogP contribution in [0.1, 0.15) is 21.6 Å². The van der Waals surface area contributed by atoms with E-state index in [2.05, 4.69) is 49.4 Å². The van der Waals surface area contributed by atoms with Gasteiger partial charge in [-0.3, -0.25) is 14.7 Å². The second kappa shape index (κ2) is 9.30. The van der Waals surface area contributed by atoms with Crippen molar-refractivity contribution >= 4 is 11.7 Å². The Morgan fingerprint density at radius 3 is 2.45 bits per heavy atom. The molecule has 6 heteroatoms. The van der Waals surface area contributed by atoms with Gasteiger partial charge in [-0.15, -0.1) is 0 Å². The maximum atomic E-state index is 12.5. The molecule has 3 aromatic rings. The highest BCUT2D eigenvalue weighted by atomic mass is 16.1. The maximum absolute atomic E-state index is 12.5. The van der Waals surface area contributed by atoms with Crippen molar-refractivity contribution < 1.29 is 4.79 Å². The number of carbonyl (C=O) groups excluding carboxylic acids is 1. The minimum atomic E-state index is -0.109. The van der Waals surface area contributed by atoms with Crippen LogP contribution in [-0.4, -0.2) is 47.0 Å². The van der Waals surface area contributed by atoms with Gasteiger partial charge in [0.2, 0.25) is 0 Å². The largest absolute Gasteiger partial charge is 0.354 e. The van der Waals surface area contributed by atoms with E-state index in [1.54, 1.807) is 18.5 Å². The van der Waals surface area contributed by atoms with Crippen LogP contribution in [0, 0.1) is 0 Å². The van der Waals surface area contributed by atoms with Crippen LogP contribution in [0.25, 0.3) is 0 Å². The van der Waals surface area contributed by atoms with E-state index in [1.165, 1.54) is 5.56 Å². The zero-order valence-corrected chi connectivity index (χ0v) is 16.4. The average Bonchev–Trinajstić information content (AvgIpc) is 2.79. The minimum absolute atomic E-state index is 0.109. The first kappa shape index (κ1) is 19.1. The van der Waals surface area contributed by atoms with Crippen LogP contribution < -0.4 is 10.2 Å². The lowest BCUT2D eigenvalue weighted by atomic mass is 10.2. The van der Waals surface area contributed by atoms with Crippen molar-refractivity contribution in [3.63, 3.8) is 0 Å². The molecule has 0 aliphatic carbocycles. The molecule has 1 aromatic carbocycles. The number of benzene rings is 1. The van der Waals surface area contributed by atoms with Crippen molar-refractivity contribution in [1.29, 1.82) is 0 Å². The number of aromatic nitrogens is 2. The Hall–Kier alpha value is -3.25. The topological polar surface area (TPSA) is 61.4 Å². The molecule has 1 fully saturated rings. The predicted molar refractivity (Wildman–Crippen MR) is 114 cm³/mol. The van der Waals surface area contributed by atoms with Gasteiger partial charge in [0.1, 0.15) is 5.82 Å². The summed E-state index contributed by atoms with van der Waals surface area (Å²) < 4.78 is 0. The summed E-state index contributed by atoms with van der Waals surface area (Å²) >= 11 is 0. The summed E-state index contributed by atoms with van der Waals surface area (Å²) in [5.74, 6) is 0.747. The second-order valence-electron chi connectivity index (χ2n) is 7.16. The predicted octanol–water partition coefficient (Wildman–Crippen LogP) is 2.73. The number of carbonyl (C=O) groups is 1. The van der Waals surface area contributed by atoms with Crippen molar-refractivity contribution in [3.05, 3.63) is 89.9 Å². The fraction of sp³-hybridized carbons (Fsp3) is 0.261. The molecule has 0 atom stereocenters. The van der Waals surface area contributed by atoms with E-state index in [0.717, 1.165) is 44.2 Å². The molecule has 4 rings (SSSR count). The molecule has 2 aromatic heterocycles. The van der Waals surface area contributed by atoms with E-state index < -0.39 is 0 Å². The normalized spacial score (nSPS) is 14.6. The molecule has 1 aliphatic heterocycles. The van der Waals surface area contributed by atoms with Crippen molar-refractivity contribution in [2.24, 2.45) is 0 Å². The van der Waals surface area contributed by atoms with Gasteiger partial charge in [-0.2, -0.15) is 0 Å². The molecule has 1 N–H and O–H groups in total. The van der Waals surface area contributed by atoms with Crippen LogP contribution in [-0.2, 0) is 13.1 Å². The minimum Gasteiger partial charge on any atom is -0.354 e. The van der Waals surface area contributed by atoms with E-state index >= 15 is 0 Å². The lowest BCUT2D eigenvalue weighted by molar-refractivity contribution is 0.0950. The van der Waals surface area contributed by atoms with Gasteiger partial charge in [0.05, 0.1) is 12.2 Å². The van der Waals surface area contributed by atoms with Crippen molar-refractivity contribution in [1.82, 2.24) is 20.2 Å². The molecular weight excluding hydrogens is 362 g/mol. The molecule has 0 radical (unpaired) electrons. The van der Waals surface area contributed by atoms with Crippen molar-refractivity contribution in [3.8, 4) is 0 Å². The lowest BCUT2D eigenvalue weighted by Crippen LogP contribution is -2.46. The third-order valence-electron chi connectivity index (χ3n) is 5.11. The molecule has 6 nitrogen and oxygen atoms in total. The molecule has 148 valence electrons. The summed E-state index contributed by atoms with van der Waals surface area (Å²) in [5.41, 5.74) is 2.80. The van der Waals surface area contributed by atoms with Gasteiger partial charge in [0.25, 0.3) is 5.91 Å². The number of pyridine rings is 2. The number of rotatable bonds is 6. The number of hydrogen-bond donors (Lipinski definition) is 1. The third-order valence-corrected chi connectivity index (χ3v) is 5.11. The number of anilines is 1. The van der Waals surface area contributed by atoms with Gasteiger partial charge in [0.15, 0.2) is 0 Å². The van der Waals surface area contributed by atoms with Gasteiger partial charge in [-0.05, 0) is 29.8 Å². The summed E-state index contributed by atoms with van der Waals surface area (Å²) in [6.45, 7) is 5.14. The van der Waals surface area contributed by atoms with Gasteiger partial charge in [-0.1, -0.05) is 36.4 Å². The quantitative estimate of drug-likeness (QED) is 0.705. The fourth-order valence-corrected chi connectivity index (χ4v) is 3.48. The molecule has 0 bridgehead atoms. The van der Waals surface area contributed by atoms with E-state index in [1.807, 2.05) is 30.3 Å². The van der Waals surface area contributed by atoms with Crippen LogP contribution >= 0.6 is 0 Å². The van der Waals surface area contributed by atoms with E-state index in [4.69, 9.17) is 0 Å². The summed E-state index contributed by atoms with van der Waals surface area (Å²) in [6, 6.07) is 19.8. The molecule has 0 spiro atoms. The third kappa shape index (κ3) is 5.18. The smallest absolute Gasteiger partial charge is 0.251 e. The maximum Gasteiger partial charge on any atom is 0.251 e. The van der Waals surface area contributed by atoms with E-state index in [0.29, 0.717) is 12.1 Å². The van der Waals surface area contributed by atoms with Gasteiger partial charge < -0.3 is 10.2 Å². The van der Waals surface area contributed by atoms with Crippen LogP contribution in [0.3, 0.4) is 0 Å². The first-order chi connectivity index (χ1) is 14.3. The van der Waals surface area contributed by atoms with Crippen LogP contribution in [0.2, 0.25) is 0 Å². The van der Waals surface area contributed by atoms with Crippen LogP contribution in [0.15, 0.2) is 73.1 Å². The van der Waals surface area contributed by atoms with Crippen molar-refractivity contribution in [2.75, 3.05) is 31.1 Å². The number of amides is 1. The molecule has 29 heavy (non-hydrogen) atoms. The Labute approximate surface area is 171 Å². The number of nitrogens with one attached hydrogen (secondary N) is 1. The average molecular weight is 387 g/mol. The number of nitrogens with zero attached hydrogens (tertiary/aromatic N) is 4. The summed E-state index contributed by atoms with van der Waals surface area (Å²) in [7, 11) is 0. The zero-order valence-electron chi connectivity index (χ0n) is 16.4. The van der Waals surface area contributed by atoms with E-state index in [9.17, 15) is 4.79 Å². The summed E-state index contributed by atoms with van der Waals surface area (Å²) in [5, 5.41) is 2.92. The second-order valence-corrected chi connectivity index (χ2v) is 7.16. The van der Waals surface area contributed by atoms with Gasteiger partial charge in [0, 0.05) is 50.7 Å². The molecule has 1 saturated heterocycles. The van der Waals surface area contributed by atoms with E-state index in [-0.39, 0.29) is 5.91 Å². The van der Waals surface area contributed by atoms with Gasteiger partial charge >= 0.3 is 0 Å². The van der Waals surface area contributed by atoms with Gasteiger partial charge in [-0.25, -0.2) is 4.98 Å². The first-order valence-corrected chi connectivity index (χ1v) is 9.93.